The molecule has 0 N–H and O–H groups in total. The van der Waals surface area contributed by atoms with Crippen molar-refractivity contribution in [1.29, 1.82) is 0 Å². The van der Waals surface area contributed by atoms with Crippen LogP contribution in [0, 0.1) is 5.92 Å². The van der Waals surface area contributed by atoms with Gasteiger partial charge in [0.05, 0.1) is 17.7 Å². The number of cyclic esters (lactones) is 1. The molecule has 8 nitrogen and oxygen atoms in total. The summed E-state index contributed by atoms with van der Waals surface area (Å²) in [4.78, 5) is 26.7. The molecule has 3 aromatic rings. The Kier molecular flexibility index (Phi) is 6.20. The maximum Gasteiger partial charge on any atom is 0.338 e. The Hall–Kier alpha value is -3.81. The number of benzene rings is 2. The molecular formula is C26H27N5O3. The lowest BCUT2D eigenvalue weighted by Gasteiger charge is -2.31. The van der Waals surface area contributed by atoms with Crippen LogP contribution in [0.15, 0.2) is 54.9 Å². The van der Waals surface area contributed by atoms with Gasteiger partial charge >= 0.3 is 5.97 Å². The predicted octanol–water partition coefficient (Wildman–Crippen LogP) is 3.26. The van der Waals surface area contributed by atoms with Crippen LogP contribution in [0.1, 0.15) is 46.8 Å². The summed E-state index contributed by atoms with van der Waals surface area (Å²) < 4.78 is 6.88. The molecule has 0 aliphatic carbocycles. The number of ether oxygens (including phenoxy) is 1. The van der Waals surface area contributed by atoms with Crippen molar-refractivity contribution in [2.75, 3.05) is 13.1 Å². The number of tetrazole rings is 1. The van der Waals surface area contributed by atoms with Gasteiger partial charge in [-0.1, -0.05) is 36.4 Å². The van der Waals surface area contributed by atoms with Gasteiger partial charge in [-0.3, -0.25) is 4.79 Å². The number of esters is 1. The molecule has 174 valence electrons. The molecule has 0 spiro atoms. The molecule has 1 amide bonds. The Labute approximate surface area is 198 Å². The second kappa shape index (κ2) is 9.59. The lowest BCUT2D eigenvalue weighted by Crippen LogP contribution is -2.39. The Balaban J connectivity index is 1.13. The summed E-state index contributed by atoms with van der Waals surface area (Å²) in [7, 11) is 0. The highest BCUT2D eigenvalue weighted by Gasteiger charge is 2.24. The van der Waals surface area contributed by atoms with Gasteiger partial charge in [-0.05, 0) is 71.0 Å². The summed E-state index contributed by atoms with van der Waals surface area (Å²) in [5.41, 5.74) is 4.67. The third-order valence-electron chi connectivity index (χ3n) is 6.52. The second-order valence-electron chi connectivity index (χ2n) is 9.01. The number of aromatic nitrogens is 4. The summed E-state index contributed by atoms with van der Waals surface area (Å²) >= 11 is 0. The van der Waals surface area contributed by atoms with Crippen molar-refractivity contribution >= 4 is 18.0 Å². The Bertz CT molecular complexity index is 1200. The number of piperidine rings is 1. The number of hydrogen-bond donors (Lipinski definition) is 0. The van der Waals surface area contributed by atoms with Crippen LogP contribution >= 0.6 is 0 Å². The summed E-state index contributed by atoms with van der Waals surface area (Å²) in [6.45, 7) is 3.46. The van der Waals surface area contributed by atoms with Crippen LogP contribution in [0.5, 0.6) is 0 Å². The van der Waals surface area contributed by atoms with Crippen molar-refractivity contribution in [1.82, 2.24) is 25.1 Å². The normalized spacial score (nSPS) is 18.7. The van der Waals surface area contributed by atoms with Gasteiger partial charge in [-0.2, -0.15) is 0 Å². The first kappa shape index (κ1) is 22.0. The van der Waals surface area contributed by atoms with Gasteiger partial charge in [0.1, 0.15) is 12.4 Å². The average Bonchev–Trinajstić information content (AvgIpc) is 3.38. The van der Waals surface area contributed by atoms with Crippen LogP contribution in [-0.4, -0.2) is 56.2 Å². The van der Waals surface area contributed by atoms with Gasteiger partial charge in [0.2, 0.25) is 5.91 Å². The van der Waals surface area contributed by atoms with Crippen LogP contribution in [-0.2, 0) is 22.4 Å². The smallest absolute Gasteiger partial charge is 0.338 e. The van der Waals surface area contributed by atoms with E-state index in [1.54, 1.807) is 11.0 Å². The van der Waals surface area contributed by atoms with Crippen molar-refractivity contribution in [3.63, 3.8) is 0 Å². The largest absolute Gasteiger partial charge is 0.459 e. The molecule has 1 atom stereocenters. The number of allylic oxidation sites excluding steroid dienone is 1. The van der Waals surface area contributed by atoms with Gasteiger partial charge in [-0.15, -0.1) is 5.10 Å². The van der Waals surface area contributed by atoms with Crippen LogP contribution < -0.4 is 0 Å². The highest BCUT2D eigenvalue weighted by molar-refractivity contribution is 5.92. The quantitative estimate of drug-likeness (QED) is 0.547. The van der Waals surface area contributed by atoms with Gasteiger partial charge in [0, 0.05) is 19.5 Å². The number of rotatable bonds is 5. The molecule has 2 aliphatic rings. The molecule has 0 radical (unpaired) electrons. The molecule has 2 aliphatic heterocycles. The molecule has 2 aromatic carbocycles. The van der Waals surface area contributed by atoms with Crippen molar-refractivity contribution in [2.24, 2.45) is 5.92 Å². The first-order valence-electron chi connectivity index (χ1n) is 11.7. The summed E-state index contributed by atoms with van der Waals surface area (Å²) in [6, 6.07) is 13.6. The molecule has 5 rings (SSSR count). The SMILES string of the molecule is CC1Cc2cc(C=CC3CCN(C(=O)Cc4ccc(-n5cnnn5)cc4)CC3)ccc2C(=O)O1. The van der Waals surface area contributed by atoms with E-state index >= 15 is 0 Å². The molecule has 8 heteroatoms. The minimum absolute atomic E-state index is 0.0787. The Morgan fingerprint density at radius 2 is 1.94 bits per heavy atom. The fourth-order valence-electron chi connectivity index (χ4n) is 4.60. The van der Waals surface area contributed by atoms with Crippen LogP contribution in [0.25, 0.3) is 11.8 Å². The van der Waals surface area contributed by atoms with Crippen LogP contribution in [0.2, 0.25) is 0 Å². The topological polar surface area (TPSA) is 90.2 Å². The van der Waals surface area contributed by atoms with Crippen LogP contribution in [0.3, 0.4) is 0 Å². The van der Waals surface area contributed by atoms with E-state index in [9.17, 15) is 9.59 Å². The number of carbonyl (C=O) groups excluding carboxylic acids is 2. The highest BCUT2D eigenvalue weighted by atomic mass is 16.5. The van der Waals surface area contributed by atoms with E-state index in [4.69, 9.17) is 4.74 Å². The average molecular weight is 458 g/mol. The summed E-state index contributed by atoms with van der Waals surface area (Å²) in [6.07, 6.45) is 8.90. The summed E-state index contributed by atoms with van der Waals surface area (Å²) in [5.74, 6) is 0.373. The van der Waals surface area contributed by atoms with E-state index in [1.807, 2.05) is 48.2 Å². The third-order valence-corrected chi connectivity index (χ3v) is 6.52. The van der Waals surface area contributed by atoms with E-state index in [-0.39, 0.29) is 18.0 Å². The number of likely N-dealkylation sites (tertiary alicyclic amines) is 1. The maximum atomic E-state index is 12.8. The minimum Gasteiger partial charge on any atom is -0.459 e. The maximum absolute atomic E-state index is 12.8. The Morgan fingerprint density at radius 1 is 1.15 bits per heavy atom. The third kappa shape index (κ3) is 4.90. The lowest BCUT2D eigenvalue weighted by molar-refractivity contribution is -0.131. The van der Waals surface area contributed by atoms with Gasteiger partial charge < -0.3 is 9.64 Å². The number of fused-ring (bicyclic) bond motifs is 1. The monoisotopic (exact) mass is 457 g/mol. The first-order chi connectivity index (χ1) is 16.5. The molecule has 0 saturated carbocycles. The van der Waals surface area contributed by atoms with E-state index in [0.717, 1.165) is 54.7 Å². The molecular weight excluding hydrogens is 430 g/mol. The highest BCUT2D eigenvalue weighted by Crippen LogP contribution is 2.24. The molecule has 1 fully saturated rings. The number of nitrogens with zero attached hydrogens (tertiary/aromatic N) is 5. The minimum atomic E-state index is -0.232. The summed E-state index contributed by atoms with van der Waals surface area (Å²) in [5, 5.41) is 11.2. The van der Waals surface area contributed by atoms with Gasteiger partial charge in [0.25, 0.3) is 0 Å². The second-order valence-corrected chi connectivity index (χ2v) is 9.01. The van der Waals surface area contributed by atoms with Crippen molar-refractivity contribution in [3.05, 3.63) is 77.1 Å². The van der Waals surface area contributed by atoms with Crippen molar-refractivity contribution < 1.29 is 14.3 Å². The lowest BCUT2D eigenvalue weighted by atomic mass is 9.93. The van der Waals surface area contributed by atoms with Gasteiger partial charge in [0.15, 0.2) is 0 Å². The van der Waals surface area contributed by atoms with Gasteiger partial charge in [-0.25, -0.2) is 9.48 Å². The van der Waals surface area contributed by atoms with Crippen molar-refractivity contribution in [3.8, 4) is 5.69 Å². The molecule has 34 heavy (non-hydrogen) atoms. The van der Waals surface area contributed by atoms with E-state index in [2.05, 4.69) is 33.7 Å². The molecule has 1 aromatic heterocycles. The molecule has 3 heterocycles. The predicted molar refractivity (Wildman–Crippen MR) is 126 cm³/mol. The number of hydrogen-bond acceptors (Lipinski definition) is 6. The standard InChI is InChI=1S/C26H27N5O3/c1-18-14-22-15-20(6-9-24(22)26(33)34-18)3-2-19-10-12-30(13-11-19)25(32)16-21-4-7-23(8-5-21)31-17-27-28-29-31/h2-9,15,17-19H,10-14,16H2,1H3. The fourth-order valence-corrected chi connectivity index (χ4v) is 4.60. The van der Waals surface area contributed by atoms with E-state index < -0.39 is 0 Å². The zero-order chi connectivity index (χ0) is 23.5. The van der Waals surface area contributed by atoms with E-state index in [0.29, 0.717) is 17.9 Å². The Morgan fingerprint density at radius 3 is 2.68 bits per heavy atom. The van der Waals surface area contributed by atoms with Crippen molar-refractivity contribution in [2.45, 2.75) is 38.7 Å². The number of amides is 1. The zero-order valence-electron chi connectivity index (χ0n) is 19.1. The first-order valence-corrected chi connectivity index (χ1v) is 11.7. The fraction of sp³-hybridized carbons (Fsp3) is 0.346. The van der Waals surface area contributed by atoms with Crippen LogP contribution in [0.4, 0.5) is 0 Å². The molecule has 0 bridgehead atoms. The number of carbonyl (C=O) groups is 2. The van der Waals surface area contributed by atoms with E-state index in [1.165, 1.54) is 0 Å². The molecule has 1 unspecified atom stereocenters. The molecule has 1 saturated heterocycles. The zero-order valence-corrected chi connectivity index (χ0v) is 19.1.